The van der Waals surface area contributed by atoms with Crippen LogP contribution in [0.15, 0.2) is 91.0 Å². The first kappa shape index (κ1) is 30.2. The number of para-hydroxylation sites is 1. The van der Waals surface area contributed by atoms with Gasteiger partial charge in [-0.3, -0.25) is 19.7 Å². The fraction of sp³-hybridized carbons (Fsp3) is 0.250. The molecule has 0 saturated carbocycles. The number of carbonyl (C=O) groups excluding carboxylic acids is 3. The van der Waals surface area contributed by atoms with Gasteiger partial charge < -0.3 is 26.6 Å². The summed E-state index contributed by atoms with van der Waals surface area (Å²) in [5, 5.41) is 18.3. The number of nitrogens with one attached hydrogen (secondary N) is 2. The van der Waals surface area contributed by atoms with Gasteiger partial charge >= 0.3 is 0 Å². The standard InChI is InChI=1S/C32H35N5O5/c1-3-24(19-21-9-5-4-6-10-21)31(29(33)39,35-20-22-13-16-25(42-2)17-14-22)32(41,30(34)40)37-28(38)27-18-15-23-11-7-8-12-26(23)36-27/h4-18,24,35,41H,3,19-20H2,1-2H3,(H2,33,39)(H2,34,40)(H,37,38). The van der Waals surface area contributed by atoms with Crippen LogP contribution in [0.4, 0.5) is 0 Å². The van der Waals surface area contributed by atoms with Crippen molar-refractivity contribution < 1.29 is 24.2 Å². The second-order valence-electron chi connectivity index (χ2n) is 10.1. The number of nitrogens with two attached hydrogens (primary N) is 2. The average molecular weight is 570 g/mol. The van der Waals surface area contributed by atoms with Crippen molar-refractivity contribution in [2.75, 3.05) is 7.11 Å². The second kappa shape index (κ2) is 12.8. The number of aliphatic hydroxyl groups is 1. The maximum Gasteiger partial charge on any atom is 0.273 e. The number of carbonyl (C=O) groups is 3. The lowest BCUT2D eigenvalue weighted by Gasteiger charge is -2.48. The van der Waals surface area contributed by atoms with Crippen molar-refractivity contribution in [3.8, 4) is 5.75 Å². The zero-order valence-electron chi connectivity index (χ0n) is 23.5. The van der Waals surface area contributed by atoms with E-state index in [1.165, 1.54) is 6.07 Å². The monoisotopic (exact) mass is 569 g/mol. The Morgan fingerprint density at radius 2 is 1.55 bits per heavy atom. The molecule has 4 aromatic rings. The number of hydrogen-bond acceptors (Lipinski definition) is 7. The molecule has 0 aliphatic heterocycles. The molecule has 0 aliphatic carbocycles. The SMILES string of the molecule is CCC(Cc1ccccc1)C(NCc1ccc(OC)cc1)(C(N)=O)C(O)(NC(=O)c1ccc2ccccc2n1)C(N)=O. The third kappa shape index (κ3) is 5.95. The maximum atomic E-state index is 13.6. The molecule has 0 radical (unpaired) electrons. The van der Waals surface area contributed by atoms with Gasteiger partial charge in [0.05, 0.1) is 12.6 Å². The highest BCUT2D eigenvalue weighted by molar-refractivity contribution is 6.03. The predicted molar refractivity (Wildman–Crippen MR) is 159 cm³/mol. The molecule has 0 bridgehead atoms. The van der Waals surface area contributed by atoms with E-state index in [4.69, 9.17) is 16.2 Å². The number of primary amides is 2. The number of hydrogen-bond donors (Lipinski definition) is 5. The lowest BCUT2D eigenvalue weighted by Crippen LogP contribution is -2.82. The van der Waals surface area contributed by atoms with Crippen LogP contribution in [0.3, 0.4) is 0 Å². The van der Waals surface area contributed by atoms with E-state index >= 15 is 0 Å². The van der Waals surface area contributed by atoms with Gasteiger partial charge in [0.1, 0.15) is 11.4 Å². The molecule has 42 heavy (non-hydrogen) atoms. The van der Waals surface area contributed by atoms with Crippen LogP contribution in [0, 0.1) is 5.92 Å². The molecule has 0 aliphatic rings. The van der Waals surface area contributed by atoms with E-state index in [1.807, 2.05) is 42.5 Å². The van der Waals surface area contributed by atoms with Crippen molar-refractivity contribution in [1.29, 1.82) is 0 Å². The Bertz CT molecular complexity index is 1560. The van der Waals surface area contributed by atoms with Crippen molar-refractivity contribution >= 4 is 28.6 Å². The van der Waals surface area contributed by atoms with Crippen molar-refractivity contribution in [3.05, 3.63) is 108 Å². The minimum absolute atomic E-state index is 0.00207. The van der Waals surface area contributed by atoms with Gasteiger partial charge in [-0.1, -0.05) is 80.1 Å². The summed E-state index contributed by atoms with van der Waals surface area (Å²) in [5.41, 5.74) is 8.66. The van der Waals surface area contributed by atoms with E-state index in [1.54, 1.807) is 56.5 Å². The summed E-state index contributed by atoms with van der Waals surface area (Å²) >= 11 is 0. The summed E-state index contributed by atoms with van der Waals surface area (Å²) in [7, 11) is 1.54. The van der Waals surface area contributed by atoms with Crippen molar-refractivity contribution in [2.24, 2.45) is 17.4 Å². The Morgan fingerprint density at radius 1 is 0.881 bits per heavy atom. The predicted octanol–water partition coefficient (Wildman–Crippen LogP) is 2.43. The van der Waals surface area contributed by atoms with Crippen LogP contribution in [0.25, 0.3) is 10.9 Å². The molecule has 10 heteroatoms. The number of ether oxygens (including phenoxy) is 1. The third-order valence-electron chi connectivity index (χ3n) is 7.60. The highest BCUT2D eigenvalue weighted by Gasteiger charge is 2.63. The van der Waals surface area contributed by atoms with E-state index < -0.39 is 34.9 Å². The molecule has 10 nitrogen and oxygen atoms in total. The van der Waals surface area contributed by atoms with Crippen LogP contribution < -0.4 is 26.8 Å². The van der Waals surface area contributed by atoms with E-state index in [0.717, 1.165) is 10.9 Å². The average Bonchev–Trinajstić information content (AvgIpc) is 3.00. The summed E-state index contributed by atoms with van der Waals surface area (Å²) in [6.07, 6.45) is 0.517. The van der Waals surface area contributed by atoms with Crippen LogP contribution in [-0.2, 0) is 22.6 Å². The summed E-state index contributed by atoms with van der Waals surface area (Å²) in [5.74, 6) is -3.50. The normalized spacial score (nSPS) is 14.7. The Kier molecular flexibility index (Phi) is 9.19. The third-order valence-corrected chi connectivity index (χ3v) is 7.60. The van der Waals surface area contributed by atoms with Gasteiger partial charge in [0.25, 0.3) is 11.8 Å². The number of pyridine rings is 1. The minimum Gasteiger partial charge on any atom is -0.497 e. The zero-order chi connectivity index (χ0) is 30.3. The quantitative estimate of drug-likeness (QED) is 0.154. The molecule has 218 valence electrons. The molecule has 1 heterocycles. The number of nitrogens with zero attached hydrogens (tertiary/aromatic N) is 1. The Hall–Kier alpha value is -4.80. The molecule has 0 saturated heterocycles. The molecule has 3 atom stereocenters. The largest absolute Gasteiger partial charge is 0.497 e. The van der Waals surface area contributed by atoms with Crippen molar-refractivity contribution in [1.82, 2.24) is 15.6 Å². The molecule has 3 amide bonds. The van der Waals surface area contributed by atoms with E-state index in [0.29, 0.717) is 16.8 Å². The van der Waals surface area contributed by atoms with Crippen LogP contribution in [0.5, 0.6) is 5.75 Å². The zero-order valence-corrected chi connectivity index (χ0v) is 23.5. The Labute approximate surface area is 244 Å². The van der Waals surface area contributed by atoms with Crippen LogP contribution in [-0.4, -0.2) is 46.2 Å². The van der Waals surface area contributed by atoms with E-state index in [-0.39, 0.29) is 25.1 Å². The van der Waals surface area contributed by atoms with Gasteiger partial charge in [0.15, 0.2) is 5.54 Å². The van der Waals surface area contributed by atoms with Crippen LogP contribution in [0.2, 0.25) is 0 Å². The molecule has 3 aromatic carbocycles. The Morgan fingerprint density at radius 3 is 2.17 bits per heavy atom. The molecule has 0 fully saturated rings. The van der Waals surface area contributed by atoms with Gasteiger partial charge in [-0.25, -0.2) is 4.98 Å². The number of amides is 3. The van der Waals surface area contributed by atoms with Crippen LogP contribution in [0.1, 0.15) is 35.0 Å². The number of fused-ring (bicyclic) bond motifs is 1. The van der Waals surface area contributed by atoms with Gasteiger partial charge in [-0.15, -0.1) is 0 Å². The Balaban J connectivity index is 1.81. The first-order valence-corrected chi connectivity index (χ1v) is 13.6. The molecule has 4 rings (SSSR count). The molecule has 1 aromatic heterocycles. The number of rotatable bonds is 13. The smallest absolute Gasteiger partial charge is 0.273 e. The van der Waals surface area contributed by atoms with E-state index in [9.17, 15) is 19.5 Å². The van der Waals surface area contributed by atoms with Gasteiger partial charge in [-0.05, 0) is 47.7 Å². The molecule has 7 N–H and O–H groups in total. The lowest BCUT2D eigenvalue weighted by atomic mass is 9.69. The first-order chi connectivity index (χ1) is 20.1. The maximum absolute atomic E-state index is 13.6. The van der Waals surface area contributed by atoms with Crippen molar-refractivity contribution in [3.63, 3.8) is 0 Å². The lowest BCUT2D eigenvalue weighted by molar-refractivity contribution is -0.165. The fourth-order valence-electron chi connectivity index (χ4n) is 5.30. The second-order valence-corrected chi connectivity index (χ2v) is 10.1. The molecular formula is C32H35N5O5. The molecular weight excluding hydrogens is 534 g/mol. The highest BCUT2D eigenvalue weighted by atomic mass is 16.5. The number of benzene rings is 3. The van der Waals surface area contributed by atoms with Crippen molar-refractivity contribution in [2.45, 2.75) is 37.6 Å². The van der Waals surface area contributed by atoms with Gasteiger partial charge in [-0.2, -0.15) is 0 Å². The van der Waals surface area contributed by atoms with Gasteiger partial charge in [0, 0.05) is 11.9 Å². The molecule has 3 unspecified atom stereocenters. The van der Waals surface area contributed by atoms with Gasteiger partial charge in [0.2, 0.25) is 11.6 Å². The number of methoxy groups -OCH3 is 1. The summed E-state index contributed by atoms with van der Waals surface area (Å²) in [6, 6.07) is 26.5. The van der Waals surface area contributed by atoms with Crippen LogP contribution >= 0.6 is 0 Å². The fourth-order valence-corrected chi connectivity index (χ4v) is 5.30. The number of aromatic nitrogens is 1. The summed E-state index contributed by atoms with van der Waals surface area (Å²) in [6.45, 7) is 1.80. The van der Waals surface area contributed by atoms with E-state index in [2.05, 4.69) is 15.6 Å². The topological polar surface area (TPSA) is 170 Å². The molecule has 0 spiro atoms. The highest BCUT2D eigenvalue weighted by Crippen LogP contribution is 2.35. The minimum atomic E-state index is -2.95. The summed E-state index contributed by atoms with van der Waals surface area (Å²) in [4.78, 5) is 44.7. The first-order valence-electron chi connectivity index (χ1n) is 13.6. The summed E-state index contributed by atoms with van der Waals surface area (Å²) < 4.78 is 5.22.